The van der Waals surface area contributed by atoms with Crippen LogP contribution in [0.25, 0.3) is 16.9 Å². The molecule has 0 saturated heterocycles. The van der Waals surface area contributed by atoms with Gasteiger partial charge in [0, 0.05) is 5.56 Å². The van der Waals surface area contributed by atoms with Gasteiger partial charge in [-0.3, -0.25) is 4.79 Å². The summed E-state index contributed by atoms with van der Waals surface area (Å²) in [5.41, 5.74) is 3.37. The number of nitrogens with zero attached hydrogens (tertiary/aromatic N) is 4. The van der Waals surface area contributed by atoms with Crippen LogP contribution in [0.15, 0.2) is 66.7 Å². The van der Waals surface area contributed by atoms with Crippen LogP contribution >= 0.6 is 0 Å². The van der Waals surface area contributed by atoms with Gasteiger partial charge in [0.05, 0.1) is 25.3 Å². The molecule has 0 spiro atoms. The number of ether oxygens (including phenoxy) is 1. The molecule has 2 aromatic carbocycles. The molecule has 0 fully saturated rings. The number of carbonyl (C=O) groups excluding carboxylic acids is 1. The number of fused-ring (bicyclic) bond motifs is 1. The molecule has 30 heavy (non-hydrogen) atoms. The van der Waals surface area contributed by atoms with Gasteiger partial charge in [0.2, 0.25) is 5.91 Å². The molecular formula is C23H23N5O2. The fraction of sp³-hybridized carbons (Fsp3) is 0.217. The first-order valence-electron chi connectivity index (χ1n) is 9.88. The fourth-order valence-corrected chi connectivity index (χ4v) is 3.41. The Morgan fingerprint density at radius 3 is 2.50 bits per heavy atom. The first-order chi connectivity index (χ1) is 14.7. The summed E-state index contributed by atoms with van der Waals surface area (Å²) in [6.45, 7) is 2.26. The minimum Gasteiger partial charge on any atom is -0.497 e. The second kappa shape index (κ2) is 8.73. The van der Waals surface area contributed by atoms with Crippen LogP contribution in [0.3, 0.4) is 0 Å². The van der Waals surface area contributed by atoms with Gasteiger partial charge in [-0.25, -0.2) is 0 Å². The zero-order chi connectivity index (χ0) is 20.9. The minimum atomic E-state index is -0.201. The second-order valence-corrected chi connectivity index (χ2v) is 6.92. The van der Waals surface area contributed by atoms with E-state index in [1.165, 1.54) is 0 Å². The Bertz CT molecular complexity index is 1140. The highest BCUT2D eigenvalue weighted by Crippen LogP contribution is 2.21. The van der Waals surface area contributed by atoms with E-state index in [1.54, 1.807) is 11.6 Å². The SMILES string of the molecule is CC[C@H](C(=O)NCc1nnc2ccc(-c3ccc(OC)cc3)nn12)c1ccccc1. The van der Waals surface area contributed by atoms with Crippen LogP contribution in [0.2, 0.25) is 0 Å². The fourth-order valence-electron chi connectivity index (χ4n) is 3.41. The van der Waals surface area contributed by atoms with Crippen LogP contribution in [0, 0.1) is 0 Å². The van der Waals surface area contributed by atoms with E-state index in [0.717, 1.165) is 29.0 Å². The summed E-state index contributed by atoms with van der Waals surface area (Å²) in [4.78, 5) is 12.8. The quantitative estimate of drug-likeness (QED) is 0.512. The van der Waals surface area contributed by atoms with E-state index in [1.807, 2.05) is 73.7 Å². The topological polar surface area (TPSA) is 81.4 Å². The zero-order valence-electron chi connectivity index (χ0n) is 16.9. The Morgan fingerprint density at radius 1 is 1.03 bits per heavy atom. The monoisotopic (exact) mass is 401 g/mol. The van der Waals surface area contributed by atoms with Crippen LogP contribution in [0.1, 0.15) is 30.7 Å². The molecule has 4 aromatic rings. The van der Waals surface area contributed by atoms with Crippen molar-refractivity contribution in [1.82, 2.24) is 25.1 Å². The summed E-state index contributed by atoms with van der Waals surface area (Å²) in [5.74, 6) is 1.13. The number of nitrogens with one attached hydrogen (secondary N) is 1. The first-order valence-corrected chi connectivity index (χ1v) is 9.88. The predicted octanol–water partition coefficient (Wildman–Crippen LogP) is 3.61. The molecule has 0 bridgehead atoms. The van der Waals surface area contributed by atoms with Crippen molar-refractivity contribution >= 4 is 11.6 Å². The van der Waals surface area contributed by atoms with E-state index in [0.29, 0.717) is 11.5 Å². The van der Waals surface area contributed by atoms with Crippen molar-refractivity contribution in [3.8, 4) is 17.0 Å². The lowest BCUT2D eigenvalue weighted by Gasteiger charge is -2.15. The van der Waals surface area contributed by atoms with Crippen LogP contribution in [0.5, 0.6) is 5.75 Å². The number of carbonyl (C=O) groups is 1. The molecule has 1 N–H and O–H groups in total. The van der Waals surface area contributed by atoms with E-state index in [2.05, 4.69) is 20.6 Å². The molecule has 4 rings (SSSR count). The Labute approximate surface area is 174 Å². The van der Waals surface area contributed by atoms with Gasteiger partial charge in [-0.1, -0.05) is 37.3 Å². The average Bonchev–Trinajstić information content (AvgIpc) is 3.21. The molecule has 0 saturated carbocycles. The number of rotatable bonds is 7. The predicted molar refractivity (Wildman–Crippen MR) is 114 cm³/mol. The normalized spacial score (nSPS) is 11.9. The molecule has 2 aromatic heterocycles. The third kappa shape index (κ3) is 4.00. The second-order valence-electron chi connectivity index (χ2n) is 6.92. The largest absolute Gasteiger partial charge is 0.497 e. The maximum atomic E-state index is 12.8. The molecule has 0 radical (unpaired) electrons. The number of aromatic nitrogens is 4. The molecule has 0 unspecified atom stereocenters. The first kappa shape index (κ1) is 19.6. The van der Waals surface area contributed by atoms with Gasteiger partial charge in [0.1, 0.15) is 5.75 Å². The molecule has 0 aliphatic heterocycles. The smallest absolute Gasteiger partial charge is 0.227 e. The van der Waals surface area contributed by atoms with Gasteiger partial charge in [0.25, 0.3) is 0 Å². The highest BCUT2D eigenvalue weighted by Gasteiger charge is 2.19. The van der Waals surface area contributed by atoms with Crippen molar-refractivity contribution in [2.24, 2.45) is 0 Å². The van der Waals surface area contributed by atoms with Crippen molar-refractivity contribution < 1.29 is 9.53 Å². The molecule has 2 heterocycles. The lowest BCUT2D eigenvalue weighted by Crippen LogP contribution is -2.29. The molecule has 152 valence electrons. The van der Waals surface area contributed by atoms with Gasteiger partial charge in [0.15, 0.2) is 11.5 Å². The summed E-state index contributed by atoms with van der Waals surface area (Å²) in [6.07, 6.45) is 0.719. The number of benzene rings is 2. The van der Waals surface area contributed by atoms with Gasteiger partial charge in [-0.15, -0.1) is 10.2 Å². The van der Waals surface area contributed by atoms with Crippen molar-refractivity contribution in [3.05, 3.63) is 78.1 Å². The number of methoxy groups -OCH3 is 1. The van der Waals surface area contributed by atoms with Crippen LogP contribution < -0.4 is 10.1 Å². The third-order valence-corrected chi connectivity index (χ3v) is 5.06. The highest BCUT2D eigenvalue weighted by atomic mass is 16.5. The number of hydrogen-bond donors (Lipinski definition) is 1. The minimum absolute atomic E-state index is 0.0354. The van der Waals surface area contributed by atoms with Crippen molar-refractivity contribution in [1.29, 1.82) is 0 Å². The van der Waals surface area contributed by atoms with E-state index in [4.69, 9.17) is 4.74 Å². The van der Waals surface area contributed by atoms with Crippen LogP contribution in [0.4, 0.5) is 0 Å². The molecule has 1 amide bonds. The van der Waals surface area contributed by atoms with E-state index >= 15 is 0 Å². The standard InChI is InChI=1S/C23H23N5O2/c1-3-19(16-7-5-4-6-8-16)23(29)24-15-22-26-25-21-14-13-20(27-28(21)22)17-9-11-18(30-2)12-10-17/h4-14,19H,3,15H2,1-2H3,(H,24,29)/t19-/m0/s1. The molecule has 1 atom stereocenters. The Hall–Kier alpha value is -3.74. The Morgan fingerprint density at radius 2 is 1.80 bits per heavy atom. The molecule has 0 aliphatic rings. The number of hydrogen-bond acceptors (Lipinski definition) is 5. The van der Waals surface area contributed by atoms with E-state index in [-0.39, 0.29) is 18.4 Å². The maximum Gasteiger partial charge on any atom is 0.227 e. The number of amides is 1. The van der Waals surface area contributed by atoms with Crippen molar-refractivity contribution in [3.63, 3.8) is 0 Å². The summed E-state index contributed by atoms with van der Waals surface area (Å²) < 4.78 is 6.88. The Kier molecular flexibility index (Phi) is 5.70. The van der Waals surface area contributed by atoms with E-state index in [9.17, 15) is 4.79 Å². The van der Waals surface area contributed by atoms with Crippen LogP contribution in [-0.4, -0.2) is 32.8 Å². The maximum absolute atomic E-state index is 12.8. The molecule has 0 aliphatic carbocycles. The van der Waals surface area contributed by atoms with Gasteiger partial charge in [-0.2, -0.15) is 9.61 Å². The lowest BCUT2D eigenvalue weighted by molar-refractivity contribution is -0.122. The highest BCUT2D eigenvalue weighted by molar-refractivity contribution is 5.83. The van der Waals surface area contributed by atoms with Gasteiger partial charge < -0.3 is 10.1 Å². The molecule has 7 nitrogen and oxygen atoms in total. The molecular weight excluding hydrogens is 378 g/mol. The van der Waals surface area contributed by atoms with Gasteiger partial charge >= 0.3 is 0 Å². The van der Waals surface area contributed by atoms with Crippen molar-refractivity contribution in [2.45, 2.75) is 25.8 Å². The summed E-state index contributed by atoms with van der Waals surface area (Å²) in [5, 5.41) is 16.0. The molecule has 7 heteroatoms. The van der Waals surface area contributed by atoms with E-state index < -0.39 is 0 Å². The van der Waals surface area contributed by atoms with Crippen LogP contribution in [-0.2, 0) is 11.3 Å². The lowest BCUT2D eigenvalue weighted by atomic mass is 9.96. The summed E-state index contributed by atoms with van der Waals surface area (Å²) in [7, 11) is 1.64. The Balaban J connectivity index is 1.53. The summed E-state index contributed by atoms with van der Waals surface area (Å²) >= 11 is 0. The average molecular weight is 401 g/mol. The summed E-state index contributed by atoms with van der Waals surface area (Å²) in [6, 6.07) is 21.2. The van der Waals surface area contributed by atoms with Crippen molar-refractivity contribution in [2.75, 3.05) is 7.11 Å². The zero-order valence-corrected chi connectivity index (χ0v) is 16.9. The van der Waals surface area contributed by atoms with Gasteiger partial charge in [-0.05, 0) is 48.4 Å². The third-order valence-electron chi connectivity index (χ3n) is 5.06.